The van der Waals surface area contributed by atoms with Crippen LogP contribution in [-0.2, 0) is 0 Å². The van der Waals surface area contributed by atoms with Crippen molar-refractivity contribution in [1.29, 1.82) is 0 Å². The van der Waals surface area contributed by atoms with Crippen LogP contribution in [0.15, 0.2) is 36.4 Å². The van der Waals surface area contributed by atoms with Crippen LogP contribution in [0.1, 0.15) is 69.8 Å². The molecule has 2 aromatic carbocycles. The summed E-state index contributed by atoms with van der Waals surface area (Å²) in [4.78, 5) is 0. The molecule has 0 radical (unpaired) electrons. The Balaban J connectivity index is 1.63. The zero-order valence-electron chi connectivity index (χ0n) is 16.5. The van der Waals surface area contributed by atoms with Gasteiger partial charge in [-0.1, -0.05) is 56.9 Å². The van der Waals surface area contributed by atoms with E-state index in [2.05, 4.69) is 23.8 Å². The number of unbranched alkanes of at least 4 members (excludes halogenated alkanes) is 2. The molecule has 2 aromatic rings. The number of hydrogen-bond acceptors (Lipinski definition) is 1. The molecule has 1 saturated carbocycles. The quantitative estimate of drug-likeness (QED) is 0.418. The molecular formula is C24H29F3O. The van der Waals surface area contributed by atoms with E-state index in [0.717, 1.165) is 11.5 Å². The van der Waals surface area contributed by atoms with E-state index in [1.165, 1.54) is 69.1 Å². The molecule has 0 saturated heterocycles. The second kappa shape index (κ2) is 9.99. The van der Waals surface area contributed by atoms with Crippen LogP contribution in [0.2, 0.25) is 0 Å². The summed E-state index contributed by atoms with van der Waals surface area (Å²) in [7, 11) is 0. The first-order chi connectivity index (χ1) is 13.6. The highest BCUT2D eigenvalue weighted by Gasteiger charge is 2.22. The van der Waals surface area contributed by atoms with Crippen molar-refractivity contribution in [3.8, 4) is 16.9 Å². The third kappa shape index (κ3) is 5.09. The number of alkyl halides is 1. The van der Waals surface area contributed by atoms with Crippen LogP contribution in [0.3, 0.4) is 0 Å². The van der Waals surface area contributed by atoms with E-state index < -0.39 is 24.2 Å². The van der Waals surface area contributed by atoms with Gasteiger partial charge in [-0.2, -0.15) is 0 Å². The Hall–Kier alpha value is -1.97. The molecule has 3 rings (SSSR count). The van der Waals surface area contributed by atoms with Crippen molar-refractivity contribution in [2.75, 3.05) is 6.86 Å². The average molecular weight is 390 g/mol. The van der Waals surface area contributed by atoms with E-state index in [4.69, 9.17) is 0 Å². The molecule has 0 bridgehead atoms. The van der Waals surface area contributed by atoms with Crippen molar-refractivity contribution < 1.29 is 17.9 Å². The molecule has 0 heterocycles. The van der Waals surface area contributed by atoms with Crippen LogP contribution in [0.4, 0.5) is 13.2 Å². The Morgan fingerprint density at radius 2 is 1.54 bits per heavy atom. The normalized spacial score (nSPS) is 19.6. The van der Waals surface area contributed by atoms with E-state index >= 15 is 0 Å². The standard InChI is InChI=1S/C24H29F3O/c1-2-3-4-5-17-6-8-18(9-7-17)19-10-12-20(13-11-19)21-14-22(26)24(28-16-25)23(27)15-21/h10-15,17-18H,2-9,16H2,1H3. The second-order valence-electron chi connectivity index (χ2n) is 7.86. The minimum absolute atomic E-state index is 0.424. The molecule has 0 unspecified atom stereocenters. The van der Waals surface area contributed by atoms with Gasteiger partial charge in [0, 0.05) is 0 Å². The molecule has 4 heteroatoms. The molecule has 0 aromatic heterocycles. The van der Waals surface area contributed by atoms with Crippen molar-refractivity contribution in [1.82, 2.24) is 0 Å². The molecule has 0 amide bonds. The number of halogens is 3. The van der Waals surface area contributed by atoms with Crippen molar-refractivity contribution >= 4 is 0 Å². The maximum atomic E-state index is 14.0. The van der Waals surface area contributed by atoms with Crippen molar-refractivity contribution in [2.24, 2.45) is 5.92 Å². The highest BCUT2D eigenvalue weighted by Crippen LogP contribution is 2.38. The Bertz CT molecular complexity index is 726. The van der Waals surface area contributed by atoms with Crippen LogP contribution in [-0.4, -0.2) is 6.86 Å². The Labute approximate surface area is 165 Å². The monoisotopic (exact) mass is 390 g/mol. The first kappa shape index (κ1) is 20.8. The fraction of sp³-hybridized carbons (Fsp3) is 0.500. The summed E-state index contributed by atoms with van der Waals surface area (Å²) in [5, 5.41) is 0. The number of ether oxygens (including phenoxy) is 1. The van der Waals surface area contributed by atoms with Gasteiger partial charge in [0.2, 0.25) is 6.86 Å². The van der Waals surface area contributed by atoms with Crippen LogP contribution in [0.25, 0.3) is 11.1 Å². The zero-order chi connectivity index (χ0) is 19.9. The Morgan fingerprint density at radius 1 is 0.893 bits per heavy atom. The maximum Gasteiger partial charge on any atom is 0.228 e. The predicted octanol–water partition coefficient (Wildman–Crippen LogP) is 7.79. The highest BCUT2D eigenvalue weighted by molar-refractivity contribution is 5.65. The van der Waals surface area contributed by atoms with Gasteiger partial charge in [0.15, 0.2) is 17.4 Å². The van der Waals surface area contributed by atoms with Gasteiger partial charge in [0.05, 0.1) is 0 Å². The summed E-state index contributed by atoms with van der Waals surface area (Å²) >= 11 is 0. The minimum atomic E-state index is -1.26. The number of hydrogen-bond donors (Lipinski definition) is 0. The molecule has 0 aliphatic heterocycles. The minimum Gasteiger partial charge on any atom is -0.457 e. The lowest BCUT2D eigenvalue weighted by Gasteiger charge is -2.29. The number of benzene rings is 2. The van der Waals surface area contributed by atoms with Gasteiger partial charge in [-0.15, -0.1) is 0 Å². The van der Waals surface area contributed by atoms with Gasteiger partial charge in [0.1, 0.15) is 0 Å². The SMILES string of the molecule is CCCCCC1CCC(c2ccc(-c3cc(F)c(OCF)c(F)c3)cc2)CC1. The molecule has 1 aliphatic rings. The first-order valence-corrected chi connectivity index (χ1v) is 10.4. The second-order valence-corrected chi connectivity index (χ2v) is 7.86. The summed E-state index contributed by atoms with van der Waals surface area (Å²) in [6, 6.07) is 10.3. The van der Waals surface area contributed by atoms with Crippen LogP contribution >= 0.6 is 0 Å². The number of rotatable bonds is 8. The highest BCUT2D eigenvalue weighted by atomic mass is 19.1. The van der Waals surface area contributed by atoms with Gasteiger partial charge in [-0.05, 0) is 66.3 Å². The maximum absolute atomic E-state index is 14.0. The molecule has 28 heavy (non-hydrogen) atoms. The summed E-state index contributed by atoms with van der Waals surface area (Å²) in [5.74, 6) is -1.00. The van der Waals surface area contributed by atoms with Crippen molar-refractivity contribution in [3.05, 3.63) is 53.6 Å². The van der Waals surface area contributed by atoms with Gasteiger partial charge in [0.25, 0.3) is 0 Å². The Kier molecular flexibility index (Phi) is 7.41. The molecule has 152 valence electrons. The first-order valence-electron chi connectivity index (χ1n) is 10.4. The van der Waals surface area contributed by atoms with E-state index in [0.29, 0.717) is 11.5 Å². The van der Waals surface area contributed by atoms with E-state index in [1.54, 1.807) is 0 Å². The summed E-state index contributed by atoms with van der Waals surface area (Å²) in [6.07, 6.45) is 10.3. The topological polar surface area (TPSA) is 9.23 Å². The van der Waals surface area contributed by atoms with Crippen LogP contribution < -0.4 is 4.74 Å². The molecule has 1 aliphatic carbocycles. The summed E-state index contributed by atoms with van der Waals surface area (Å²) in [6.45, 7) is 0.984. The van der Waals surface area contributed by atoms with Crippen molar-refractivity contribution in [2.45, 2.75) is 64.2 Å². The molecule has 0 atom stereocenters. The van der Waals surface area contributed by atoms with E-state index in [9.17, 15) is 13.2 Å². The van der Waals surface area contributed by atoms with Crippen LogP contribution in [0.5, 0.6) is 5.75 Å². The lowest BCUT2D eigenvalue weighted by molar-refractivity contribution is 0.176. The van der Waals surface area contributed by atoms with Gasteiger partial charge in [-0.3, -0.25) is 0 Å². The third-order valence-corrected chi connectivity index (χ3v) is 5.98. The Morgan fingerprint density at radius 3 is 2.11 bits per heavy atom. The van der Waals surface area contributed by atoms with Gasteiger partial charge in [-0.25, -0.2) is 13.2 Å². The molecule has 0 spiro atoms. The fourth-order valence-electron chi connectivity index (χ4n) is 4.33. The summed E-state index contributed by atoms with van der Waals surface area (Å²) < 4.78 is 44.5. The fourth-order valence-corrected chi connectivity index (χ4v) is 4.33. The predicted molar refractivity (Wildman–Crippen MR) is 107 cm³/mol. The lowest BCUT2D eigenvalue weighted by Crippen LogP contribution is -2.13. The van der Waals surface area contributed by atoms with Crippen LogP contribution in [0, 0.1) is 17.6 Å². The van der Waals surface area contributed by atoms with Crippen molar-refractivity contribution in [3.63, 3.8) is 0 Å². The van der Waals surface area contributed by atoms with Gasteiger partial charge >= 0.3 is 0 Å². The smallest absolute Gasteiger partial charge is 0.228 e. The van der Waals surface area contributed by atoms with E-state index in [1.807, 2.05) is 12.1 Å². The molecule has 0 N–H and O–H groups in total. The molecule has 1 fully saturated rings. The largest absolute Gasteiger partial charge is 0.457 e. The molecule has 1 nitrogen and oxygen atoms in total. The van der Waals surface area contributed by atoms with E-state index in [-0.39, 0.29) is 0 Å². The summed E-state index contributed by atoms with van der Waals surface area (Å²) in [5.41, 5.74) is 2.46. The zero-order valence-corrected chi connectivity index (χ0v) is 16.5. The third-order valence-electron chi connectivity index (χ3n) is 5.98. The average Bonchev–Trinajstić information content (AvgIpc) is 2.71. The lowest BCUT2D eigenvalue weighted by atomic mass is 9.77. The van der Waals surface area contributed by atoms with Gasteiger partial charge < -0.3 is 4.74 Å². The molecular weight excluding hydrogens is 361 g/mol.